The Kier molecular flexibility index (Phi) is 4.66. The zero-order valence-corrected chi connectivity index (χ0v) is 18.0. The van der Waals surface area contributed by atoms with Crippen LogP contribution in [0.1, 0.15) is 44.1 Å². The number of aryl methyl sites for hydroxylation is 1. The highest BCUT2D eigenvalue weighted by Crippen LogP contribution is 2.55. The molecule has 0 unspecified atom stereocenters. The number of nitrogens with one attached hydrogen (secondary N) is 1. The Morgan fingerprint density at radius 1 is 0.931 bits per heavy atom. The van der Waals surface area contributed by atoms with Crippen molar-refractivity contribution in [3.8, 4) is 0 Å². The smallest absolute Gasteiger partial charge is 0.317 e. The van der Waals surface area contributed by atoms with E-state index in [0.29, 0.717) is 31.1 Å². The molecule has 2 amide bonds. The van der Waals surface area contributed by atoms with Crippen LogP contribution in [0.15, 0.2) is 29.2 Å². The van der Waals surface area contributed by atoms with Gasteiger partial charge >= 0.3 is 6.03 Å². The number of nitrogens with zero attached hydrogens (tertiary/aromatic N) is 2. The van der Waals surface area contributed by atoms with Gasteiger partial charge in [0.1, 0.15) is 0 Å². The van der Waals surface area contributed by atoms with Gasteiger partial charge in [0.05, 0.1) is 4.90 Å². The molecule has 0 spiro atoms. The number of hydrogen-bond acceptors (Lipinski definition) is 3. The van der Waals surface area contributed by atoms with Gasteiger partial charge in [-0.15, -0.1) is 0 Å². The van der Waals surface area contributed by atoms with Crippen LogP contribution in [0.5, 0.6) is 0 Å². The maximum Gasteiger partial charge on any atom is 0.317 e. The zero-order chi connectivity index (χ0) is 20.2. The first-order valence-electron chi connectivity index (χ1n) is 11.0. The van der Waals surface area contributed by atoms with E-state index in [0.717, 1.165) is 42.6 Å². The number of benzene rings is 1. The summed E-state index contributed by atoms with van der Waals surface area (Å²) in [6, 6.07) is 6.97. The molecule has 1 aromatic carbocycles. The fourth-order valence-electron chi connectivity index (χ4n) is 6.56. The van der Waals surface area contributed by atoms with Crippen molar-refractivity contribution < 1.29 is 13.2 Å². The molecule has 0 aromatic heterocycles. The van der Waals surface area contributed by atoms with E-state index in [4.69, 9.17) is 0 Å². The lowest BCUT2D eigenvalue weighted by atomic mass is 9.53. The van der Waals surface area contributed by atoms with E-state index < -0.39 is 10.0 Å². The van der Waals surface area contributed by atoms with Crippen LogP contribution < -0.4 is 5.32 Å². The van der Waals surface area contributed by atoms with Gasteiger partial charge in [-0.25, -0.2) is 13.2 Å². The summed E-state index contributed by atoms with van der Waals surface area (Å²) in [5.74, 6) is 2.37. The van der Waals surface area contributed by atoms with Gasteiger partial charge in [0, 0.05) is 31.7 Å². The molecule has 7 heteroatoms. The number of amides is 2. The summed E-state index contributed by atoms with van der Waals surface area (Å²) in [6.07, 6.45) is 7.45. The number of piperazine rings is 1. The third-order valence-corrected chi connectivity index (χ3v) is 9.51. The highest BCUT2D eigenvalue weighted by molar-refractivity contribution is 7.89. The molecule has 1 aromatic rings. The van der Waals surface area contributed by atoms with Crippen molar-refractivity contribution in [2.75, 3.05) is 26.2 Å². The van der Waals surface area contributed by atoms with Gasteiger partial charge in [0.15, 0.2) is 0 Å². The minimum absolute atomic E-state index is 0.000617. The SMILES string of the molecule is Cc1ccc(S(=O)(=O)N2CCN(C(=O)NC34CC5CC(CC(C5)C3)C4)CC2)cc1. The molecule has 158 valence electrons. The van der Waals surface area contributed by atoms with Crippen molar-refractivity contribution in [2.45, 2.75) is 55.9 Å². The molecule has 1 heterocycles. The van der Waals surface area contributed by atoms with Crippen molar-refractivity contribution in [1.82, 2.24) is 14.5 Å². The lowest BCUT2D eigenvalue weighted by Crippen LogP contribution is -2.63. The maximum absolute atomic E-state index is 13.0. The topological polar surface area (TPSA) is 69.7 Å². The van der Waals surface area contributed by atoms with Crippen LogP contribution in [0, 0.1) is 24.7 Å². The summed E-state index contributed by atoms with van der Waals surface area (Å²) < 4.78 is 27.3. The van der Waals surface area contributed by atoms with E-state index in [1.807, 2.05) is 19.1 Å². The molecule has 1 saturated heterocycles. The Morgan fingerprint density at radius 2 is 1.45 bits per heavy atom. The van der Waals surface area contributed by atoms with Gasteiger partial charge < -0.3 is 10.2 Å². The fourth-order valence-corrected chi connectivity index (χ4v) is 7.98. The van der Waals surface area contributed by atoms with Crippen molar-refractivity contribution >= 4 is 16.1 Å². The summed E-state index contributed by atoms with van der Waals surface area (Å²) in [7, 11) is -3.50. The van der Waals surface area contributed by atoms with Gasteiger partial charge in [-0.05, 0) is 75.3 Å². The second-order valence-corrected chi connectivity index (χ2v) is 11.8. The number of carbonyl (C=O) groups excluding carboxylic acids is 1. The van der Waals surface area contributed by atoms with E-state index in [9.17, 15) is 13.2 Å². The first-order valence-corrected chi connectivity index (χ1v) is 12.4. The zero-order valence-electron chi connectivity index (χ0n) is 17.1. The maximum atomic E-state index is 13.0. The van der Waals surface area contributed by atoms with Crippen molar-refractivity contribution in [3.05, 3.63) is 29.8 Å². The quantitative estimate of drug-likeness (QED) is 0.822. The standard InChI is InChI=1S/C22H31N3O3S/c1-16-2-4-20(5-3-16)29(27,28)25-8-6-24(7-9-25)21(26)23-22-13-17-10-18(14-22)12-19(11-17)15-22/h2-5,17-19H,6-15H2,1H3,(H,23,26). The van der Waals surface area contributed by atoms with E-state index in [1.54, 1.807) is 17.0 Å². The van der Waals surface area contributed by atoms with Crippen LogP contribution in [0.3, 0.4) is 0 Å². The van der Waals surface area contributed by atoms with Crippen LogP contribution in [0.4, 0.5) is 4.79 Å². The molecular weight excluding hydrogens is 386 g/mol. The van der Waals surface area contributed by atoms with Gasteiger partial charge in [-0.1, -0.05) is 17.7 Å². The predicted molar refractivity (Wildman–Crippen MR) is 111 cm³/mol. The average molecular weight is 418 g/mol. The summed E-state index contributed by atoms with van der Waals surface area (Å²) in [6.45, 7) is 3.54. The third-order valence-electron chi connectivity index (χ3n) is 7.59. The molecule has 5 aliphatic rings. The third kappa shape index (κ3) is 3.56. The highest BCUT2D eigenvalue weighted by Gasteiger charge is 2.52. The van der Waals surface area contributed by atoms with Crippen LogP contribution in [0.2, 0.25) is 0 Å². The molecule has 4 saturated carbocycles. The van der Waals surface area contributed by atoms with Crippen molar-refractivity contribution in [1.29, 1.82) is 0 Å². The number of hydrogen-bond donors (Lipinski definition) is 1. The van der Waals surface area contributed by atoms with Gasteiger partial charge in [0.2, 0.25) is 10.0 Å². The molecule has 4 aliphatic carbocycles. The normalized spacial score (nSPS) is 34.4. The molecule has 1 aliphatic heterocycles. The number of rotatable bonds is 3. The molecule has 5 fully saturated rings. The average Bonchev–Trinajstić information content (AvgIpc) is 2.67. The minimum atomic E-state index is -3.50. The van der Waals surface area contributed by atoms with Crippen LogP contribution in [-0.2, 0) is 10.0 Å². The summed E-state index contributed by atoms with van der Waals surface area (Å²) >= 11 is 0. The van der Waals surface area contributed by atoms with E-state index in [1.165, 1.54) is 23.6 Å². The first-order chi connectivity index (χ1) is 13.8. The lowest BCUT2D eigenvalue weighted by Gasteiger charge is -2.57. The van der Waals surface area contributed by atoms with E-state index in [2.05, 4.69) is 5.32 Å². The largest absolute Gasteiger partial charge is 0.333 e. The van der Waals surface area contributed by atoms with Crippen LogP contribution in [-0.4, -0.2) is 55.4 Å². The molecule has 0 atom stereocenters. The number of urea groups is 1. The summed E-state index contributed by atoms with van der Waals surface area (Å²) in [4.78, 5) is 15.1. The lowest BCUT2D eigenvalue weighted by molar-refractivity contribution is -0.0161. The monoisotopic (exact) mass is 417 g/mol. The van der Waals surface area contributed by atoms with E-state index >= 15 is 0 Å². The summed E-state index contributed by atoms with van der Waals surface area (Å²) in [5.41, 5.74) is 1.03. The Labute approximate surface area is 173 Å². The Bertz CT molecular complexity index is 853. The minimum Gasteiger partial charge on any atom is -0.333 e. The van der Waals surface area contributed by atoms with Crippen molar-refractivity contribution in [2.24, 2.45) is 17.8 Å². The summed E-state index contributed by atoms with van der Waals surface area (Å²) in [5, 5.41) is 3.40. The predicted octanol–water partition coefficient (Wildman–Crippen LogP) is 2.98. The molecule has 6 rings (SSSR count). The Balaban J connectivity index is 1.21. The molecule has 4 bridgehead atoms. The molecule has 6 nitrogen and oxygen atoms in total. The first kappa shape index (κ1) is 19.4. The second-order valence-electron chi connectivity index (χ2n) is 9.83. The molecular formula is C22H31N3O3S. The Morgan fingerprint density at radius 3 is 1.97 bits per heavy atom. The number of carbonyl (C=O) groups is 1. The van der Waals surface area contributed by atoms with E-state index in [-0.39, 0.29) is 11.6 Å². The van der Waals surface area contributed by atoms with Gasteiger partial charge in [0.25, 0.3) is 0 Å². The van der Waals surface area contributed by atoms with Crippen LogP contribution >= 0.6 is 0 Å². The van der Waals surface area contributed by atoms with Crippen LogP contribution in [0.25, 0.3) is 0 Å². The molecule has 1 N–H and O–H groups in total. The molecule has 0 radical (unpaired) electrons. The fraction of sp³-hybridized carbons (Fsp3) is 0.682. The highest BCUT2D eigenvalue weighted by atomic mass is 32.2. The Hall–Kier alpha value is -1.60. The van der Waals surface area contributed by atoms with Gasteiger partial charge in [-0.2, -0.15) is 4.31 Å². The van der Waals surface area contributed by atoms with Gasteiger partial charge in [-0.3, -0.25) is 0 Å². The number of sulfonamides is 1. The molecule has 29 heavy (non-hydrogen) atoms. The second kappa shape index (κ2) is 6.98. The van der Waals surface area contributed by atoms with Crippen molar-refractivity contribution in [3.63, 3.8) is 0 Å².